The van der Waals surface area contributed by atoms with Crippen molar-refractivity contribution < 1.29 is 9.59 Å². The van der Waals surface area contributed by atoms with Crippen LogP contribution in [0.25, 0.3) is 0 Å². The molecule has 1 aliphatic carbocycles. The molecule has 1 aromatic carbocycles. The lowest BCUT2D eigenvalue weighted by Crippen LogP contribution is -2.44. The zero-order valence-corrected chi connectivity index (χ0v) is 16.5. The highest BCUT2D eigenvalue weighted by Gasteiger charge is 2.46. The lowest BCUT2D eigenvalue weighted by Gasteiger charge is -2.40. The Morgan fingerprint density at radius 3 is 2.38 bits per heavy atom. The molecule has 3 rings (SSSR count). The summed E-state index contributed by atoms with van der Waals surface area (Å²) in [5.41, 5.74) is 2.94. The highest BCUT2D eigenvalue weighted by Crippen LogP contribution is 2.52. The second-order valence-corrected chi connectivity index (χ2v) is 7.77. The van der Waals surface area contributed by atoms with E-state index in [0.717, 1.165) is 45.4 Å². The molecule has 1 aliphatic heterocycles. The van der Waals surface area contributed by atoms with Crippen molar-refractivity contribution in [2.75, 3.05) is 26.2 Å². The Bertz CT molecular complexity index is 658. The van der Waals surface area contributed by atoms with Gasteiger partial charge in [-0.3, -0.25) is 9.59 Å². The van der Waals surface area contributed by atoms with Gasteiger partial charge in [0.15, 0.2) is 0 Å². The number of benzene rings is 1. The van der Waals surface area contributed by atoms with E-state index in [1.165, 1.54) is 11.1 Å². The molecule has 4 nitrogen and oxygen atoms in total. The summed E-state index contributed by atoms with van der Waals surface area (Å²) in [6.07, 6.45) is 4.29. The van der Waals surface area contributed by atoms with Gasteiger partial charge in [-0.15, -0.1) is 0 Å². The Kier molecular flexibility index (Phi) is 5.69. The van der Waals surface area contributed by atoms with Gasteiger partial charge in [-0.25, -0.2) is 0 Å². The molecule has 142 valence electrons. The van der Waals surface area contributed by atoms with Crippen LogP contribution in [-0.4, -0.2) is 47.8 Å². The molecule has 0 N–H and O–H groups in total. The maximum Gasteiger partial charge on any atom is 0.223 e. The summed E-state index contributed by atoms with van der Waals surface area (Å²) in [7, 11) is 0. The molecular weight excluding hydrogens is 324 g/mol. The summed E-state index contributed by atoms with van der Waals surface area (Å²) in [5.74, 6) is 0.845. The van der Waals surface area contributed by atoms with E-state index < -0.39 is 0 Å². The van der Waals surface area contributed by atoms with Crippen molar-refractivity contribution in [2.24, 2.45) is 0 Å². The molecule has 0 saturated carbocycles. The SMILES string of the molecule is CCC(=O)N1CCC2(CC1)CC(CC(=O)N(CC)CC)c1ccccc12. The minimum Gasteiger partial charge on any atom is -0.343 e. The van der Waals surface area contributed by atoms with Crippen LogP contribution in [0, 0.1) is 0 Å². The predicted octanol–water partition coefficient (Wildman–Crippen LogP) is 3.70. The average molecular weight is 357 g/mol. The highest BCUT2D eigenvalue weighted by atomic mass is 16.2. The number of likely N-dealkylation sites (tertiary alicyclic amines) is 1. The zero-order chi connectivity index (χ0) is 18.7. The number of hydrogen-bond acceptors (Lipinski definition) is 2. The van der Waals surface area contributed by atoms with E-state index in [9.17, 15) is 9.59 Å². The molecule has 1 fully saturated rings. The van der Waals surface area contributed by atoms with Crippen LogP contribution in [0.3, 0.4) is 0 Å². The quantitative estimate of drug-likeness (QED) is 0.807. The summed E-state index contributed by atoms with van der Waals surface area (Å²) >= 11 is 0. The van der Waals surface area contributed by atoms with Gasteiger partial charge in [0.05, 0.1) is 0 Å². The second-order valence-electron chi connectivity index (χ2n) is 7.77. The van der Waals surface area contributed by atoms with Crippen LogP contribution in [0.15, 0.2) is 24.3 Å². The molecule has 2 amide bonds. The minimum atomic E-state index is 0.148. The molecule has 1 heterocycles. The van der Waals surface area contributed by atoms with Crippen LogP contribution in [-0.2, 0) is 15.0 Å². The van der Waals surface area contributed by atoms with E-state index >= 15 is 0 Å². The van der Waals surface area contributed by atoms with Gasteiger partial charge < -0.3 is 9.80 Å². The first-order chi connectivity index (χ1) is 12.5. The summed E-state index contributed by atoms with van der Waals surface area (Å²) in [4.78, 5) is 28.7. The van der Waals surface area contributed by atoms with Crippen molar-refractivity contribution in [2.45, 2.75) is 64.2 Å². The van der Waals surface area contributed by atoms with Crippen molar-refractivity contribution in [3.63, 3.8) is 0 Å². The van der Waals surface area contributed by atoms with E-state index in [1.54, 1.807) is 0 Å². The van der Waals surface area contributed by atoms with Crippen molar-refractivity contribution in [1.82, 2.24) is 9.80 Å². The molecule has 1 atom stereocenters. The molecule has 26 heavy (non-hydrogen) atoms. The lowest BCUT2D eigenvalue weighted by atomic mass is 9.73. The summed E-state index contributed by atoms with van der Waals surface area (Å²) in [6.45, 7) is 9.28. The van der Waals surface area contributed by atoms with Crippen molar-refractivity contribution in [1.29, 1.82) is 0 Å². The fourth-order valence-electron chi connectivity index (χ4n) is 5.01. The minimum absolute atomic E-state index is 0.148. The Labute approximate surface area is 157 Å². The Hall–Kier alpha value is -1.84. The van der Waals surface area contributed by atoms with E-state index in [2.05, 4.69) is 24.3 Å². The van der Waals surface area contributed by atoms with Gasteiger partial charge in [-0.1, -0.05) is 31.2 Å². The van der Waals surface area contributed by atoms with Crippen molar-refractivity contribution in [3.05, 3.63) is 35.4 Å². The van der Waals surface area contributed by atoms with Crippen LogP contribution >= 0.6 is 0 Å². The third-order valence-electron chi connectivity index (χ3n) is 6.52. The zero-order valence-electron chi connectivity index (χ0n) is 16.5. The maximum atomic E-state index is 12.7. The van der Waals surface area contributed by atoms with Gasteiger partial charge >= 0.3 is 0 Å². The van der Waals surface area contributed by atoms with Gasteiger partial charge in [-0.05, 0) is 55.6 Å². The molecule has 1 saturated heterocycles. The normalized spacial score (nSPS) is 20.9. The molecular formula is C22H32N2O2. The molecule has 0 aromatic heterocycles. The van der Waals surface area contributed by atoms with E-state index in [-0.39, 0.29) is 17.2 Å². The second kappa shape index (κ2) is 7.81. The number of fused-ring (bicyclic) bond motifs is 2. The summed E-state index contributed by atoms with van der Waals surface area (Å²) in [5, 5.41) is 0. The van der Waals surface area contributed by atoms with Crippen LogP contribution in [0.1, 0.15) is 69.9 Å². The molecule has 1 aromatic rings. The molecule has 0 radical (unpaired) electrons. The summed E-state index contributed by atoms with van der Waals surface area (Å²) < 4.78 is 0. The summed E-state index contributed by atoms with van der Waals surface area (Å²) in [6, 6.07) is 8.70. The smallest absolute Gasteiger partial charge is 0.223 e. The molecule has 4 heteroatoms. The number of rotatable bonds is 5. The van der Waals surface area contributed by atoms with E-state index in [4.69, 9.17) is 0 Å². The van der Waals surface area contributed by atoms with Gasteiger partial charge in [0, 0.05) is 39.0 Å². The van der Waals surface area contributed by atoms with E-state index in [1.807, 2.05) is 30.6 Å². The van der Waals surface area contributed by atoms with Crippen LogP contribution in [0.2, 0.25) is 0 Å². The number of nitrogens with zero attached hydrogens (tertiary/aromatic N) is 2. The monoisotopic (exact) mass is 356 g/mol. The maximum absolute atomic E-state index is 12.7. The number of piperidine rings is 1. The van der Waals surface area contributed by atoms with Crippen molar-refractivity contribution in [3.8, 4) is 0 Å². The first-order valence-electron chi connectivity index (χ1n) is 10.2. The van der Waals surface area contributed by atoms with Crippen molar-refractivity contribution >= 4 is 11.8 Å². The Balaban J connectivity index is 1.78. The number of carbonyl (C=O) groups excluding carboxylic acids is 2. The standard InChI is InChI=1S/C22H32N2O2/c1-4-20(25)24-13-11-22(12-14-24)16-17(15-21(26)23(5-2)6-3)18-9-7-8-10-19(18)22/h7-10,17H,4-6,11-16H2,1-3H3. The fraction of sp³-hybridized carbons (Fsp3) is 0.636. The van der Waals surface area contributed by atoms with Gasteiger partial charge in [0.1, 0.15) is 0 Å². The van der Waals surface area contributed by atoms with Gasteiger partial charge in [0.2, 0.25) is 11.8 Å². The molecule has 0 bridgehead atoms. The number of carbonyl (C=O) groups is 2. The first kappa shape index (κ1) is 18.9. The predicted molar refractivity (Wildman–Crippen MR) is 104 cm³/mol. The Morgan fingerprint density at radius 2 is 1.77 bits per heavy atom. The number of amides is 2. The van der Waals surface area contributed by atoms with Gasteiger partial charge in [0.25, 0.3) is 0 Å². The fourth-order valence-corrected chi connectivity index (χ4v) is 5.01. The molecule has 2 aliphatic rings. The Morgan fingerprint density at radius 1 is 1.12 bits per heavy atom. The van der Waals surface area contributed by atoms with Crippen LogP contribution < -0.4 is 0 Å². The van der Waals surface area contributed by atoms with Crippen LogP contribution in [0.4, 0.5) is 0 Å². The highest BCUT2D eigenvalue weighted by molar-refractivity contribution is 5.78. The topological polar surface area (TPSA) is 40.6 Å². The lowest BCUT2D eigenvalue weighted by molar-refractivity contribution is -0.132. The first-order valence-corrected chi connectivity index (χ1v) is 10.2. The molecule has 1 unspecified atom stereocenters. The number of hydrogen-bond donors (Lipinski definition) is 0. The third kappa shape index (κ3) is 3.38. The third-order valence-corrected chi connectivity index (χ3v) is 6.52. The van der Waals surface area contributed by atoms with Crippen LogP contribution in [0.5, 0.6) is 0 Å². The van der Waals surface area contributed by atoms with E-state index in [0.29, 0.717) is 18.8 Å². The molecule has 1 spiro atoms. The van der Waals surface area contributed by atoms with Gasteiger partial charge in [-0.2, -0.15) is 0 Å². The average Bonchev–Trinajstić information content (AvgIpc) is 2.96. The largest absolute Gasteiger partial charge is 0.343 e.